The van der Waals surface area contributed by atoms with E-state index in [4.69, 9.17) is 4.74 Å². The van der Waals surface area contributed by atoms with Crippen LogP contribution in [0.2, 0.25) is 0 Å². The Hall–Kier alpha value is -1.39. The molecule has 0 unspecified atom stereocenters. The van der Waals surface area contributed by atoms with Crippen molar-refractivity contribution < 1.29 is 19.7 Å². The molecular formula is C25H38O4. The number of aliphatic hydroxyl groups is 2. The summed E-state index contributed by atoms with van der Waals surface area (Å²) in [5.41, 5.74) is 3.54. The van der Waals surface area contributed by atoms with E-state index in [1.165, 1.54) is 38.4 Å². The SMILES string of the molecule is C=C1/C(=C\C=C2/CCC[C@]3(C)[C@@H]([C@H](C)CCC(=O)OC)CC[C@@H]23)C[C@@H](O)C[C@@H]1O. The Kier molecular flexibility index (Phi) is 7.06. The van der Waals surface area contributed by atoms with E-state index in [9.17, 15) is 15.0 Å². The van der Waals surface area contributed by atoms with E-state index in [2.05, 4.69) is 32.6 Å². The van der Waals surface area contributed by atoms with Gasteiger partial charge in [0.05, 0.1) is 19.3 Å². The van der Waals surface area contributed by atoms with Crippen molar-refractivity contribution in [3.05, 3.63) is 35.5 Å². The van der Waals surface area contributed by atoms with Crippen molar-refractivity contribution in [1.29, 1.82) is 0 Å². The fourth-order valence-corrected chi connectivity index (χ4v) is 6.33. The molecule has 29 heavy (non-hydrogen) atoms. The van der Waals surface area contributed by atoms with Gasteiger partial charge in [-0.25, -0.2) is 0 Å². The first-order valence-corrected chi connectivity index (χ1v) is 11.3. The molecular weight excluding hydrogens is 364 g/mol. The zero-order valence-corrected chi connectivity index (χ0v) is 18.3. The van der Waals surface area contributed by atoms with Crippen LogP contribution < -0.4 is 0 Å². The van der Waals surface area contributed by atoms with Gasteiger partial charge < -0.3 is 14.9 Å². The van der Waals surface area contributed by atoms with E-state index in [1.807, 2.05) is 0 Å². The van der Waals surface area contributed by atoms with E-state index in [-0.39, 0.29) is 5.97 Å². The fourth-order valence-electron chi connectivity index (χ4n) is 6.33. The number of carbonyl (C=O) groups excluding carboxylic acids is 1. The number of aliphatic hydroxyl groups excluding tert-OH is 2. The number of ether oxygens (including phenoxy) is 1. The van der Waals surface area contributed by atoms with Crippen LogP contribution in [0.1, 0.15) is 71.6 Å². The van der Waals surface area contributed by atoms with Crippen molar-refractivity contribution in [2.24, 2.45) is 23.2 Å². The van der Waals surface area contributed by atoms with Crippen molar-refractivity contribution in [3.63, 3.8) is 0 Å². The highest BCUT2D eigenvalue weighted by Crippen LogP contribution is 2.59. The molecule has 3 fully saturated rings. The van der Waals surface area contributed by atoms with Crippen molar-refractivity contribution >= 4 is 5.97 Å². The van der Waals surface area contributed by atoms with Gasteiger partial charge in [-0.2, -0.15) is 0 Å². The Morgan fingerprint density at radius 1 is 1.34 bits per heavy atom. The molecule has 2 N–H and O–H groups in total. The third kappa shape index (κ3) is 4.69. The Balaban J connectivity index is 1.74. The molecule has 3 aliphatic rings. The van der Waals surface area contributed by atoms with Gasteiger partial charge in [0.1, 0.15) is 0 Å². The predicted octanol–water partition coefficient (Wildman–Crippen LogP) is 4.72. The molecule has 3 aliphatic carbocycles. The van der Waals surface area contributed by atoms with E-state index in [0.29, 0.717) is 42.4 Å². The molecule has 0 heterocycles. The lowest BCUT2D eigenvalue weighted by Crippen LogP contribution is -2.36. The Labute approximate surface area is 175 Å². The second-order valence-corrected chi connectivity index (χ2v) is 9.76. The minimum Gasteiger partial charge on any atom is -0.469 e. The summed E-state index contributed by atoms with van der Waals surface area (Å²) in [5, 5.41) is 20.1. The number of fused-ring (bicyclic) bond motifs is 1. The minimum atomic E-state index is -0.633. The zero-order valence-electron chi connectivity index (χ0n) is 18.3. The van der Waals surface area contributed by atoms with Gasteiger partial charge in [-0.15, -0.1) is 0 Å². The fraction of sp³-hybridized carbons (Fsp3) is 0.720. The smallest absolute Gasteiger partial charge is 0.305 e. The van der Waals surface area contributed by atoms with Gasteiger partial charge >= 0.3 is 5.97 Å². The number of rotatable bonds is 5. The number of methoxy groups -OCH3 is 1. The van der Waals surface area contributed by atoms with Gasteiger partial charge in [-0.05, 0) is 79.3 Å². The van der Waals surface area contributed by atoms with Crippen molar-refractivity contribution in [3.8, 4) is 0 Å². The summed E-state index contributed by atoms with van der Waals surface area (Å²) >= 11 is 0. The normalized spacial score (nSPS) is 38.9. The van der Waals surface area contributed by atoms with Crippen LogP contribution in [-0.4, -0.2) is 35.5 Å². The molecule has 0 amide bonds. The number of esters is 1. The van der Waals surface area contributed by atoms with Gasteiger partial charge in [0.15, 0.2) is 0 Å². The van der Waals surface area contributed by atoms with Gasteiger partial charge in [0.2, 0.25) is 0 Å². The maximum atomic E-state index is 11.6. The van der Waals surface area contributed by atoms with Gasteiger partial charge in [0.25, 0.3) is 0 Å². The summed E-state index contributed by atoms with van der Waals surface area (Å²) in [6, 6.07) is 0. The number of hydrogen-bond donors (Lipinski definition) is 2. The zero-order chi connectivity index (χ0) is 21.2. The standard InChI is InChI=1S/C25H38O4/c1-16(7-12-24(28)29-4)21-10-11-22-18(6-5-13-25(21,22)3)8-9-19-14-20(26)15-23(27)17(19)2/h8-9,16,20-23,26-27H,2,5-7,10-15H2,1,3-4H3/b18-8+,19-9-/t16-,20-,21-,22+,23+,25-/m1/s1. The highest BCUT2D eigenvalue weighted by Gasteiger charge is 2.50. The minimum absolute atomic E-state index is 0.107. The maximum Gasteiger partial charge on any atom is 0.305 e. The molecule has 0 spiro atoms. The number of allylic oxidation sites excluding steroid dienone is 3. The molecule has 0 aromatic rings. The van der Waals surface area contributed by atoms with E-state index in [1.54, 1.807) is 0 Å². The third-order valence-corrected chi connectivity index (χ3v) is 8.02. The van der Waals surface area contributed by atoms with Crippen LogP contribution in [0.3, 0.4) is 0 Å². The van der Waals surface area contributed by atoms with E-state index >= 15 is 0 Å². The van der Waals surface area contributed by atoms with Crippen LogP contribution in [0.5, 0.6) is 0 Å². The topological polar surface area (TPSA) is 66.8 Å². The molecule has 0 bridgehead atoms. The maximum absolute atomic E-state index is 11.6. The molecule has 6 atom stereocenters. The third-order valence-electron chi connectivity index (χ3n) is 8.02. The largest absolute Gasteiger partial charge is 0.469 e. The Bertz CT molecular complexity index is 691. The van der Waals surface area contributed by atoms with Crippen molar-refractivity contribution in [2.75, 3.05) is 7.11 Å². The van der Waals surface area contributed by atoms with Crippen LogP contribution in [0.15, 0.2) is 35.5 Å². The second kappa shape index (κ2) is 9.18. The lowest BCUT2D eigenvalue weighted by molar-refractivity contribution is -0.141. The van der Waals surface area contributed by atoms with Crippen molar-refractivity contribution in [2.45, 2.75) is 83.8 Å². The summed E-state index contributed by atoms with van der Waals surface area (Å²) in [5.74, 6) is 1.64. The van der Waals surface area contributed by atoms with Crippen LogP contribution in [0.4, 0.5) is 0 Å². The first kappa shape index (κ1) is 22.3. The number of carbonyl (C=O) groups is 1. The molecule has 4 nitrogen and oxygen atoms in total. The summed E-state index contributed by atoms with van der Waals surface area (Å²) < 4.78 is 4.83. The van der Waals surface area contributed by atoms with E-state index < -0.39 is 12.2 Å². The highest BCUT2D eigenvalue weighted by atomic mass is 16.5. The average Bonchev–Trinajstić information content (AvgIpc) is 3.05. The summed E-state index contributed by atoms with van der Waals surface area (Å²) in [7, 11) is 1.46. The van der Waals surface area contributed by atoms with Crippen LogP contribution in [0, 0.1) is 23.2 Å². The highest BCUT2D eigenvalue weighted by molar-refractivity contribution is 5.69. The molecule has 0 radical (unpaired) electrons. The molecule has 0 saturated heterocycles. The molecule has 3 saturated carbocycles. The molecule has 0 aliphatic heterocycles. The molecule has 3 rings (SSSR count). The second-order valence-electron chi connectivity index (χ2n) is 9.76. The van der Waals surface area contributed by atoms with Crippen LogP contribution in [-0.2, 0) is 9.53 Å². The Morgan fingerprint density at radius 2 is 2.10 bits per heavy atom. The van der Waals surface area contributed by atoms with Crippen LogP contribution >= 0.6 is 0 Å². The molecule has 162 valence electrons. The predicted molar refractivity (Wildman–Crippen MR) is 115 cm³/mol. The van der Waals surface area contributed by atoms with Gasteiger partial charge in [0, 0.05) is 12.8 Å². The summed E-state index contributed by atoms with van der Waals surface area (Å²) in [6.07, 6.45) is 11.6. The molecule has 0 aromatic heterocycles. The lowest BCUT2D eigenvalue weighted by Gasteiger charge is -2.44. The molecule has 0 aromatic carbocycles. The van der Waals surface area contributed by atoms with Crippen LogP contribution in [0.25, 0.3) is 0 Å². The lowest BCUT2D eigenvalue weighted by atomic mass is 9.60. The quantitative estimate of drug-likeness (QED) is 0.653. The average molecular weight is 403 g/mol. The molecule has 4 heteroatoms. The summed E-state index contributed by atoms with van der Waals surface area (Å²) in [6.45, 7) is 8.79. The first-order chi connectivity index (χ1) is 13.8. The number of hydrogen-bond acceptors (Lipinski definition) is 4. The van der Waals surface area contributed by atoms with E-state index in [0.717, 1.165) is 24.0 Å². The summed E-state index contributed by atoms with van der Waals surface area (Å²) in [4.78, 5) is 11.6. The van der Waals surface area contributed by atoms with Crippen molar-refractivity contribution in [1.82, 2.24) is 0 Å². The van der Waals surface area contributed by atoms with Gasteiger partial charge in [-0.3, -0.25) is 4.79 Å². The Morgan fingerprint density at radius 3 is 2.83 bits per heavy atom. The monoisotopic (exact) mass is 402 g/mol. The van der Waals surface area contributed by atoms with Gasteiger partial charge in [-0.1, -0.05) is 38.2 Å². The first-order valence-electron chi connectivity index (χ1n) is 11.3.